The number of nitrogen functional groups attached to an aromatic ring is 1. The maximum Gasteiger partial charge on any atom is 0.251 e. The van der Waals surface area contributed by atoms with Crippen molar-refractivity contribution in [3.05, 3.63) is 28.8 Å². The highest BCUT2D eigenvalue weighted by atomic mass is 35.5. The maximum atomic E-state index is 11.6. The predicted molar refractivity (Wildman–Crippen MR) is 64.5 cm³/mol. The summed E-state index contributed by atoms with van der Waals surface area (Å²) in [6.07, 6.45) is 0. The van der Waals surface area contributed by atoms with Gasteiger partial charge in [0, 0.05) is 12.1 Å². The molecule has 0 spiro atoms. The summed E-state index contributed by atoms with van der Waals surface area (Å²) in [5.41, 5.74) is 5.42. The van der Waals surface area contributed by atoms with E-state index in [0.717, 1.165) is 0 Å². The predicted octanol–water partition coefficient (Wildman–Crippen LogP) is 1.42. The van der Waals surface area contributed by atoms with Crippen LogP contribution in [-0.4, -0.2) is 23.2 Å². The second kappa shape index (κ2) is 4.72. The molecule has 16 heavy (non-hydrogen) atoms. The number of aliphatic hydroxyl groups is 1. The number of hydrogen-bond acceptors (Lipinski definition) is 3. The molecule has 1 aromatic carbocycles. The van der Waals surface area contributed by atoms with Crippen molar-refractivity contribution in [1.29, 1.82) is 0 Å². The van der Waals surface area contributed by atoms with Gasteiger partial charge < -0.3 is 16.2 Å². The summed E-state index contributed by atoms with van der Waals surface area (Å²) < 4.78 is 0. The molecule has 0 unspecified atom stereocenters. The van der Waals surface area contributed by atoms with Gasteiger partial charge >= 0.3 is 0 Å². The van der Waals surface area contributed by atoms with Crippen molar-refractivity contribution in [3.8, 4) is 0 Å². The number of rotatable bonds is 3. The number of hydrogen-bond donors (Lipinski definition) is 3. The zero-order valence-electron chi connectivity index (χ0n) is 9.25. The number of anilines is 1. The molecule has 0 aliphatic carbocycles. The minimum absolute atomic E-state index is 0.175. The minimum Gasteiger partial charge on any atom is -0.398 e. The third-order valence-corrected chi connectivity index (χ3v) is 2.28. The standard InChI is InChI=1S/C11H15ClN2O2/c1-11(2,16)6-14-10(15)7-3-4-8(12)9(13)5-7/h3-5,16H,6,13H2,1-2H3,(H,14,15). The fourth-order valence-electron chi connectivity index (χ4n) is 1.08. The molecule has 0 aromatic heterocycles. The van der Waals surface area contributed by atoms with Gasteiger partial charge in [-0.2, -0.15) is 0 Å². The highest BCUT2D eigenvalue weighted by Gasteiger charge is 2.15. The first-order valence-electron chi connectivity index (χ1n) is 4.85. The monoisotopic (exact) mass is 242 g/mol. The highest BCUT2D eigenvalue weighted by Crippen LogP contribution is 2.19. The van der Waals surface area contributed by atoms with E-state index < -0.39 is 5.60 Å². The Morgan fingerprint density at radius 1 is 1.56 bits per heavy atom. The molecule has 0 radical (unpaired) electrons. The lowest BCUT2D eigenvalue weighted by atomic mass is 10.1. The Kier molecular flexibility index (Phi) is 3.78. The Hall–Kier alpha value is -1.26. The van der Waals surface area contributed by atoms with Gasteiger partial charge in [-0.25, -0.2) is 0 Å². The Morgan fingerprint density at radius 2 is 2.19 bits per heavy atom. The van der Waals surface area contributed by atoms with E-state index >= 15 is 0 Å². The van der Waals surface area contributed by atoms with Crippen LogP contribution in [0, 0.1) is 0 Å². The molecule has 88 valence electrons. The van der Waals surface area contributed by atoms with E-state index in [9.17, 15) is 9.90 Å². The zero-order chi connectivity index (χ0) is 12.3. The van der Waals surface area contributed by atoms with Crippen LogP contribution in [0.3, 0.4) is 0 Å². The average molecular weight is 243 g/mol. The minimum atomic E-state index is -0.937. The molecule has 0 heterocycles. The lowest BCUT2D eigenvalue weighted by Crippen LogP contribution is -2.38. The first-order valence-corrected chi connectivity index (χ1v) is 5.23. The Labute approximate surface area is 99.4 Å². The number of carbonyl (C=O) groups is 1. The van der Waals surface area contributed by atoms with Gasteiger partial charge in [0.15, 0.2) is 0 Å². The number of benzene rings is 1. The number of amides is 1. The van der Waals surface area contributed by atoms with Crippen molar-refractivity contribution in [3.63, 3.8) is 0 Å². The van der Waals surface area contributed by atoms with Crippen LogP contribution in [-0.2, 0) is 0 Å². The molecule has 5 heteroatoms. The van der Waals surface area contributed by atoms with Gasteiger partial charge in [0.1, 0.15) is 0 Å². The summed E-state index contributed by atoms with van der Waals surface area (Å²) in [6, 6.07) is 4.65. The molecule has 0 saturated carbocycles. The topological polar surface area (TPSA) is 75.3 Å². The lowest BCUT2D eigenvalue weighted by molar-refractivity contribution is 0.0694. The van der Waals surface area contributed by atoms with Crippen molar-refractivity contribution in [2.45, 2.75) is 19.4 Å². The summed E-state index contributed by atoms with van der Waals surface area (Å²) in [4.78, 5) is 11.6. The van der Waals surface area contributed by atoms with Gasteiger partial charge in [0.05, 0.1) is 16.3 Å². The van der Waals surface area contributed by atoms with Crippen molar-refractivity contribution in [2.75, 3.05) is 12.3 Å². The normalized spacial score (nSPS) is 11.2. The molecule has 4 N–H and O–H groups in total. The van der Waals surface area contributed by atoms with Crippen molar-refractivity contribution in [1.82, 2.24) is 5.32 Å². The Bertz CT molecular complexity index is 399. The van der Waals surface area contributed by atoms with Crippen LogP contribution in [0.1, 0.15) is 24.2 Å². The highest BCUT2D eigenvalue weighted by molar-refractivity contribution is 6.33. The molecular formula is C11H15ClN2O2. The van der Waals surface area contributed by atoms with Crippen molar-refractivity contribution < 1.29 is 9.90 Å². The van der Waals surface area contributed by atoms with Crippen LogP contribution in [0.25, 0.3) is 0 Å². The van der Waals surface area contributed by atoms with Crippen LogP contribution in [0.5, 0.6) is 0 Å². The second-order valence-electron chi connectivity index (χ2n) is 4.23. The molecule has 0 bridgehead atoms. The van der Waals surface area contributed by atoms with Crippen LogP contribution in [0.2, 0.25) is 5.02 Å². The largest absolute Gasteiger partial charge is 0.398 e. The molecular weight excluding hydrogens is 228 g/mol. The van der Waals surface area contributed by atoms with Gasteiger partial charge in [0.25, 0.3) is 5.91 Å². The van der Waals surface area contributed by atoms with Crippen LogP contribution >= 0.6 is 11.6 Å². The number of carbonyl (C=O) groups excluding carboxylic acids is 1. The first-order chi connectivity index (χ1) is 7.29. The van der Waals surface area contributed by atoms with Gasteiger partial charge in [0.2, 0.25) is 0 Å². The summed E-state index contributed by atoms with van der Waals surface area (Å²) in [7, 11) is 0. The number of nitrogens with one attached hydrogen (secondary N) is 1. The summed E-state index contributed by atoms with van der Waals surface area (Å²) in [5.74, 6) is -0.287. The fraction of sp³-hybridized carbons (Fsp3) is 0.364. The van der Waals surface area contributed by atoms with E-state index in [1.54, 1.807) is 26.0 Å². The van der Waals surface area contributed by atoms with Crippen LogP contribution in [0.4, 0.5) is 5.69 Å². The van der Waals surface area contributed by atoms with Gasteiger partial charge in [-0.3, -0.25) is 4.79 Å². The van der Waals surface area contributed by atoms with E-state index in [4.69, 9.17) is 17.3 Å². The van der Waals surface area contributed by atoms with Gasteiger partial charge in [-0.15, -0.1) is 0 Å². The van der Waals surface area contributed by atoms with E-state index in [1.807, 2.05) is 0 Å². The summed E-state index contributed by atoms with van der Waals surface area (Å²) in [5, 5.41) is 12.5. The van der Waals surface area contributed by atoms with Crippen LogP contribution < -0.4 is 11.1 Å². The van der Waals surface area contributed by atoms with E-state index in [1.165, 1.54) is 6.07 Å². The summed E-state index contributed by atoms with van der Waals surface area (Å²) in [6.45, 7) is 3.40. The molecule has 0 saturated heterocycles. The van der Waals surface area contributed by atoms with Crippen molar-refractivity contribution >= 4 is 23.2 Å². The molecule has 0 aliphatic heterocycles. The lowest BCUT2D eigenvalue weighted by Gasteiger charge is -2.17. The average Bonchev–Trinajstić information content (AvgIpc) is 2.17. The number of halogens is 1. The smallest absolute Gasteiger partial charge is 0.251 e. The maximum absolute atomic E-state index is 11.6. The van der Waals surface area contributed by atoms with E-state index in [0.29, 0.717) is 16.3 Å². The molecule has 0 atom stereocenters. The van der Waals surface area contributed by atoms with E-state index in [-0.39, 0.29) is 12.5 Å². The Morgan fingerprint density at radius 3 is 2.69 bits per heavy atom. The van der Waals surface area contributed by atoms with E-state index in [2.05, 4.69) is 5.32 Å². The molecule has 1 rings (SSSR count). The molecule has 4 nitrogen and oxygen atoms in total. The van der Waals surface area contributed by atoms with Gasteiger partial charge in [-0.05, 0) is 32.0 Å². The van der Waals surface area contributed by atoms with Gasteiger partial charge in [-0.1, -0.05) is 11.6 Å². The molecule has 1 aromatic rings. The SMILES string of the molecule is CC(C)(O)CNC(=O)c1ccc(Cl)c(N)c1. The zero-order valence-corrected chi connectivity index (χ0v) is 10.0. The summed E-state index contributed by atoms with van der Waals surface area (Å²) >= 11 is 5.74. The third-order valence-electron chi connectivity index (χ3n) is 1.94. The molecule has 0 fully saturated rings. The van der Waals surface area contributed by atoms with Crippen LogP contribution in [0.15, 0.2) is 18.2 Å². The van der Waals surface area contributed by atoms with Crippen molar-refractivity contribution in [2.24, 2.45) is 0 Å². The third kappa shape index (κ3) is 3.72. The quantitative estimate of drug-likeness (QED) is 0.702. The fourth-order valence-corrected chi connectivity index (χ4v) is 1.20. The molecule has 1 amide bonds. The molecule has 0 aliphatic rings. The number of nitrogens with two attached hydrogens (primary N) is 1. The first kappa shape index (κ1) is 12.8. The second-order valence-corrected chi connectivity index (χ2v) is 4.64. The Balaban J connectivity index is 2.70.